The number of carbonyl (C=O) groups is 1. The first-order chi connectivity index (χ1) is 18.3. The van der Waals surface area contributed by atoms with E-state index in [0.717, 1.165) is 50.5 Å². The molecule has 5 rings (SSSR count). The highest BCUT2D eigenvalue weighted by molar-refractivity contribution is 7.92. The van der Waals surface area contributed by atoms with Crippen LogP contribution < -0.4 is 20.9 Å². The summed E-state index contributed by atoms with van der Waals surface area (Å²) < 4.78 is 21.7. The van der Waals surface area contributed by atoms with Gasteiger partial charge in [-0.2, -0.15) is 9.35 Å². The fourth-order valence-electron chi connectivity index (χ4n) is 3.95. The molecule has 11 nitrogen and oxygen atoms in total. The van der Waals surface area contributed by atoms with E-state index in [1.807, 2.05) is 24.3 Å². The Bertz CT molecular complexity index is 1410. The molecular formula is C26H34N8O3S. The van der Waals surface area contributed by atoms with Crippen LogP contribution in [0.4, 0.5) is 34.8 Å². The van der Waals surface area contributed by atoms with Crippen LogP contribution in [0.15, 0.2) is 53.0 Å². The third-order valence-corrected chi connectivity index (χ3v) is 6.70. The van der Waals surface area contributed by atoms with Gasteiger partial charge in [-0.05, 0) is 55.2 Å². The molecule has 1 saturated carbocycles. The summed E-state index contributed by atoms with van der Waals surface area (Å²) in [5, 5.41) is 9.31. The second-order valence-electron chi connectivity index (χ2n) is 9.66. The van der Waals surface area contributed by atoms with Gasteiger partial charge in [0.1, 0.15) is 17.2 Å². The highest BCUT2D eigenvalue weighted by Crippen LogP contribution is 2.28. The van der Waals surface area contributed by atoms with Gasteiger partial charge in [0.15, 0.2) is 5.82 Å². The van der Waals surface area contributed by atoms with E-state index < -0.39 is 9.73 Å². The van der Waals surface area contributed by atoms with Crippen molar-refractivity contribution in [2.75, 3.05) is 60.9 Å². The van der Waals surface area contributed by atoms with Crippen molar-refractivity contribution in [1.82, 2.24) is 20.3 Å². The van der Waals surface area contributed by atoms with Gasteiger partial charge in [-0.25, -0.2) is 14.2 Å². The molecule has 0 spiro atoms. The summed E-state index contributed by atoms with van der Waals surface area (Å²) in [5.41, 5.74) is 2.25. The van der Waals surface area contributed by atoms with Crippen molar-refractivity contribution in [1.29, 1.82) is 0 Å². The first-order valence-electron chi connectivity index (χ1n) is 12.6. The molecule has 1 aliphatic heterocycles. The molecule has 0 unspecified atom stereocenters. The van der Waals surface area contributed by atoms with E-state index in [-0.39, 0.29) is 7.33 Å². The molecule has 1 saturated heterocycles. The zero-order valence-electron chi connectivity index (χ0n) is 21.5. The number of hydrogen-bond acceptors (Lipinski definition) is 10. The standard InChI is InChI=1S/C26H32N8O3S.H2/c1-38(2,36)33-23-5-3-4-22(30-23)31-24-21(25(35)27-16-18-6-7-18)17-28-26(32-24)29-19-8-10-20(11-9-19)34-12-14-37-15-13-34;/h3-5,8-11,17-18H,6-7,12-16H2,1-2H3,(H,27,35)(H2,28,29,30,31,32);1H. The molecule has 0 bridgehead atoms. The molecule has 12 heteroatoms. The van der Waals surface area contributed by atoms with E-state index in [4.69, 9.17) is 4.74 Å². The summed E-state index contributed by atoms with van der Waals surface area (Å²) >= 11 is 0. The van der Waals surface area contributed by atoms with Crippen LogP contribution in [0.5, 0.6) is 0 Å². The number of ether oxygens (including phenoxy) is 1. The molecule has 3 N–H and O–H groups in total. The van der Waals surface area contributed by atoms with E-state index in [1.165, 1.54) is 6.20 Å². The number of morpholine rings is 1. The van der Waals surface area contributed by atoms with Crippen molar-refractivity contribution in [2.24, 2.45) is 10.3 Å². The molecular weight excluding hydrogens is 504 g/mol. The zero-order valence-corrected chi connectivity index (χ0v) is 22.3. The van der Waals surface area contributed by atoms with E-state index in [0.29, 0.717) is 41.4 Å². The Morgan fingerprint density at radius 2 is 1.87 bits per heavy atom. The van der Waals surface area contributed by atoms with Gasteiger partial charge >= 0.3 is 0 Å². The lowest BCUT2D eigenvalue weighted by Gasteiger charge is -2.28. The minimum Gasteiger partial charge on any atom is -0.378 e. The molecule has 1 aliphatic carbocycles. The van der Waals surface area contributed by atoms with Gasteiger partial charge in [-0.15, -0.1) is 0 Å². The largest absolute Gasteiger partial charge is 0.378 e. The number of amides is 1. The molecule has 3 aromatic rings. The molecule has 0 radical (unpaired) electrons. The summed E-state index contributed by atoms with van der Waals surface area (Å²) in [6, 6.07) is 13.2. The van der Waals surface area contributed by atoms with Crippen LogP contribution in [0.3, 0.4) is 0 Å². The molecule has 3 heterocycles. The Balaban J connectivity index is 0.00000353. The number of nitrogens with zero attached hydrogens (tertiary/aromatic N) is 5. The van der Waals surface area contributed by atoms with Crippen molar-refractivity contribution in [3.05, 3.63) is 54.2 Å². The molecule has 202 valence electrons. The van der Waals surface area contributed by atoms with Gasteiger partial charge < -0.3 is 25.6 Å². The number of aromatic nitrogens is 3. The molecule has 1 amide bonds. The number of anilines is 5. The van der Waals surface area contributed by atoms with E-state index in [2.05, 4.69) is 40.2 Å². The third kappa shape index (κ3) is 7.17. The average molecular weight is 539 g/mol. The molecule has 1 aromatic carbocycles. The molecule has 2 aliphatic rings. The SMILES string of the molecule is CS(C)(=O)=Nc1cccc(Nc2nc(Nc3ccc(N4CCOCC4)cc3)ncc2C(=O)NCC2CC2)n1.[HH]. The Morgan fingerprint density at radius 3 is 2.58 bits per heavy atom. The summed E-state index contributed by atoms with van der Waals surface area (Å²) in [7, 11) is -2.37. The maximum Gasteiger partial charge on any atom is 0.256 e. The topological polar surface area (TPSA) is 134 Å². The highest BCUT2D eigenvalue weighted by atomic mass is 32.2. The minimum atomic E-state index is -2.37. The van der Waals surface area contributed by atoms with E-state index >= 15 is 0 Å². The number of rotatable bonds is 9. The van der Waals surface area contributed by atoms with Crippen molar-refractivity contribution in [3.8, 4) is 0 Å². The van der Waals surface area contributed by atoms with Crippen LogP contribution in [0.25, 0.3) is 0 Å². The maximum atomic E-state index is 13.0. The molecule has 0 atom stereocenters. The van der Waals surface area contributed by atoms with Crippen molar-refractivity contribution < 1.29 is 15.2 Å². The lowest BCUT2D eigenvalue weighted by Crippen LogP contribution is -2.36. The van der Waals surface area contributed by atoms with Gasteiger partial charge in [0.05, 0.1) is 13.2 Å². The van der Waals surface area contributed by atoms with Crippen molar-refractivity contribution >= 4 is 50.4 Å². The number of pyridine rings is 1. The maximum absolute atomic E-state index is 13.0. The third-order valence-electron chi connectivity index (χ3n) is 6.08. The molecule has 38 heavy (non-hydrogen) atoms. The van der Waals surface area contributed by atoms with E-state index in [1.54, 1.807) is 30.7 Å². The van der Waals surface area contributed by atoms with Gasteiger partial charge in [-0.3, -0.25) is 4.79 Å². The Hall–Kier alpha value is -3.77. The quantitative estimate of drug-likeness (QED) is 0.370. The van der Waals surface area contributed by atoms with Crippen LogP contribution in [0.1, 0.15) is 24.6 Å². The first kappa shape index (κ1) is 25.9. The minimum absolute atomic E-state index is 0. The first-order valence-corrected chi connectivity index (χ1v) is 14.9. The lowest BCUT2D eigenvalue weighted by molar-refractivity contribution is 0.0952. The summed E-state index contributed by atoms with van der Waals surface area (Å²) in [4.78, 5) is 28.6. The second-order valence-corrected chi connectivity index (χ2v) is 12.2. The molecule has 2 fully saturated rings. The Kier molecular flexibility index (Phi) is 7.70. The predicted molar refractivity (Wildman–Crippen MR) is 152 cm³/mol. The number of benzene rings is 1. The lowest BCUT2D eigenvalue weighted by atomic mass is 10.2. The highest BCUT2D eigenvalue weighted by Gasteiger charge is 2.23. The van der Waals surface area contributed by atoms with Crippen LogP contribution in [0.2, 0.25) is 0 Å². The van der Waals surface area contributed by atoms with Gasteiger partial charge in [0.2, 0.25) is 5.95 Å². The number of hydrogen-bond donors (Lipinski definition) is 3. The zero-order chi connectivity index (χ0) is 26.5. The van der Waals surface area contributed by atoms with Crippen LogP contribution in [0, 0.1) is 5.92 Å². The van der Waals surface area contributed by atoms with Crippen molar-refractivity contribution in [3.63, 3.8) is 0 Å². The average Bonchev–Trinajstić information content (AvgIpc) is 3.72. The monoisotopic (exact) mass is 538 g/mol. The van der Waals surface area contributed by atoms with Gasteiger partial charge in [-0.1, -0.05) is 6.07 Å². The Labute approximate surface area is 224 Å². The van der Waals surface area contributed by atoms with Gasteiger partial charge in [0, 0.05) is 60.9 Å². The predicted octanol–water partition coefficient (Wildman–Crippen LogP) is 3.94. The smallest absolute Gasteiger partial charge is 0.256 e. The summed E-state index contributed by atoms with van der Waals surface area (Å²) in [5.74, 6) is 1.67. The molecule has 2 aromatic heterocycles. The fraction of sp³-hybridized carbons (Fsp3) is 0.385. The Morgan fingerprint density at radius 1 is 1.11 bits per heavy atom. The van der Waals surface area contributed by atoms with Crippen LogP contribution >= 0.6 is 0 Å². The second kappa shape index (κ2) is 11.3. The summed E-state index contributed by atoms with van der Waals surface area (Å²) in [6.07, 6.45) is 6.86. The van der Waals surface area contributed by atoms with Gasteiger partial charge in [0.25, 0.3) is 5.91 Å². The van der Waals surface area contributed by atoms with E-state index in [9.17, 15) is 9.00 Å². The number of carbonyl (C=O) groups excluding carboxylic acids is 1. The van der Waals surface area contributed by atoms with Crippen LogP contribution in [-0.4, -0.2) is 70.4 Å². The van der Waals surface area contributed by atoms with Crippen LogP contribution in [-0.2, 0) is 14.5 Å². The fourth-order valence-corrected chi connectivity index (χ4v) is 4.51. The van der Waals surface area contributed by atoms with Crippen molar-refractivity contribution in [2.45, 2.75) is 12.8 Å². The normalized spacial score (nSPS) is 15.6. The number of nitrogens with one attached hydrogen (secondary N) is 3. The summed E-state index contributed by atoms with van der Waals surface area (Å²) in [6.45, 7) is 3.82.